The maximum Gasteiger partial charge on any atom is 0.132 e. The SMILES string of the molecule is Cc1cc(Br)cc([C@@H](N)C#N)c1F. The second kappa shape index (κ2) is 3.86. The topological polar surface area (TPSA) is 49.8 Å². The van der Waals surface area contributed by atoms with E-state index in [0.29, 0.717) is 5.56 Å². The molecule has 2 N–H and O–H groups in total. The molecule has 68 valence electrons. The molecule has 4 heteroatoms. The van der Waals surface area contributed by atoms with Crippen molar-refractivity contribution in [3.63, 3.8) is 0 Å². The first-order valence-corrected chi connectivity index (χ1v) is 4.46. The Morgan fingerprint density at radius 2 is 2.23 bits per heavy atom. The van der Waals surface area contributed by atoms with Gasteiger partial charge in [0.25, 0.3) is 0 Å². The molecule has 0 saturated heterocycles. The minimum atomic E-state index is -0.906. The average Bonchev–Trinajstić information content (AvgIpc) is 2.10. The van der Waals surface area contributed by atoms with Gasteiger partial charge in [-0.05, 0) is 24.6 Å². The Balaban J connectivity index is 3.30. The number of nitrogens with two attached hydrogens (primary N) is 1. The molecule has 0 aromatic heterocycles. The Bertz CT molecular complexity index is 371. The Morgan fingerprint density at radius 1 is 1.62 bits per heavy atom. The number of nitriles is 1. The van der Waals surface area contributed by atoms with Crippen LogP contribution in [-0.2, 0) is 0 Å². The largest absolute Gasteiger partial charge is 0.312 e. The summed E-state index contributed by atoms with van der Waals surface area (Å²) in [6.07, 6.45) is 0. The van der Waals surface area contributed by atoms with Gasteiger partial charge >= 0.3 is 0 Å². The summed E-state index contributed by atoms with van der Waals surface area (Å²) in [6, 6.07) is 4.05. The van der Waals surface area contributed by atoms with E-state index >= 15 is 0 Å². The predicted molar refractivity (Wildman–Crippen MR) is 51.4 cm³/mol. The predicted octanol–water partition coefficient (Wildman–Crippen LogP) is 2.42. The molecule has 1 rings (SSSR count). The minimum absolute atomic E-state index is 0.231. The van der Waals surface area contributed by atoms with Gasteiger partial charge in [-0.2, -0.15) is 5.26 Å². The Morgan fingerprint density at radius 3 is 2.77 bits per heavy atom. The lowest BCUT2D eigenvalue weighted by atomic mass is 10.1. The van der Waals surface area contributed by atoms with Crippen molar-refractivity contribution >= 4 is 15.9 Å². The molecule has 1 aromatic carbocycles. The van der Waals surface area contributed by atoms with Crippen molar-refractivity contribution < 1.29 is 4.39 Å². The summed E-state index contributed by atoms with van der Waals surface area (Å²) in [5.74, 6) is -0.405. The van der Waals surface area contributed by atoms with Gasteiger partial charge < -0.3 is 5.73 Å². The van der Waals surface area contributed by atoms with Crippen molar-refractivity contribution in [2.45, 2.75) is 13.0 Å². The number of halogens is 2. The van der Waals surface area contributed by atoms with Crippen LogP contribution in [0.4, 0.5) is 4.39 Å². The highest BCUT2D eigenvalue weighted by Crippen LogP contribution is 2.23. The van der Waals surface area contributed by atoms with Gasteiger partial charge in [0.1, 0.15) is 11.9 Å². The monoisotopic (exact) mass is 242 g/mol. The van der Waals surface area contributed by atoms with Crippen LogP contribution in [0, 0.1) is 24.1 Å². The average molecular weight is 243 g/mol. The quantitative estimate of drug-likeness (QED) is 0.823. The normalized spacial score (nSPS) is 12.2. The fraction of sp³-hybridized carbons (Fsp3) is 0.222. The van der Waals surface area contributed by atoms with Gasteiger partial charge in [-0.25, -0.2) is 4.39 Å². The lowest BCUT2D eigenvalue weighted by Crippen LogP contribution is -2.10. The maximum absolute atomic E-state index is 13.4. The lowest BCUT2D eigenvalue weighted by molar-refractivity contribution is 0.594. The van der Waals surface area contributed by atoms with E-state index in [4.69, 9.17) is 11.0 Å². The number of rotatable bonds is 1. The van der Waals surface area contributed by atoms with E-state index in [1.807, 2.05) is 0 Å². The van der Waals surface area contributed by atoms with Crippen molar-refractivity contribution in [2.24, 2.45) is 5.73 Å². The second-order valence-corrected chi connectivity index (χ2v) is 3.65. The van der Waals surface area contributed by atoms with Crippen molar-refractivity contribution in [2.75, 3.05) is 0 Å². The smallest absolute Gasteiger partial charge is 0.132 e. The van der Waals surface area contributed by atoms with E-state index in [2.05, 4.69) is 15.9 Å². The number of aryl methyl sites for hydroxylation is 1. The summed E-state index contributed by atoms with van der Waals surface area (Å²) in [6.45, 7) is 1.63. The van der Waals surface area contributed by atoms with E-state index in [1.165, 1.54) is 6.07 Å². The molecular weight excluding hydrogens is 235 g/mol. The van der Waals surface area contributed by atoms with Gasteiger partial charge in [0.05, 0.1) is 6.07 Å². The highest BCUT2D eigenvalue weighted by Gasteiger charge is 2.13. The van der Waals surface area contributed by atoms with Crippen LogP contribution in [0.5, 0.6) is 0 Å². The third-order valence-corrected chi connectivity index (χ3v) is 2.18. The fourth-order valence-corrected chi connectivity index (χ4v) is 1.64. The first-order valence-electron chi connectivity index (χ1n) is 3.67. The zero-order valence-electron chi connectivity index (χ0n) is 7.01. The zero-order valence-corrected chi connectivity index (χ0v) is 8.60. The molecule has 1 atom stereocenters. The highest BCUT2D eigenvalue weighted by molar-refractivity contribution is 9.10. The highest BCUT2D eigenvalue weighted by atomic mass is 79.9. The first kappa shape index (κ1) is 10.2. The molecule has 0 bridgehead atoms. The molecule has 0 radical (unpaired) electrons. The molecule has 0 unspecified atom stereocenters. The van der Waals surface area contributed by atoms with Crippen molar-refractivity contribution in [3.8, 4) is 6.07 Å². The number of hydrogen-bond acceptors (Lipinski definition) is 2. The van der Waals surface area contributed by atoms with Crippen molar-refractivity contribution in [3.05, 3.63) is 33.5 Å². The summed E-state index contributed by atoms with van der Waals surface area (Å²) in [7, 11) is 0. The molecule has 1 aromatic rings. The number of benzene rings is 1. The summed E-state index contributed by atoms with van der Waals surface area (Å²) in [5.41, 5.74) is 6.12. The van der Waals surface area contributed by atoms with Gasteiger partial charge in [-0.1, -0.05) is 15.9 Å². The standard InChI is InChI=1S/C9H8BrFN2/c1-5-2-6(10)3-7(9(5)11)8(13)4-12/h2-3,8H,13H2,1H3/t8-/m0/s1. The minimum Gasteiger partial charge on any atom is -0.312 e. The third kappa shape index (κ3) is 2.06. The summed E-state index contributed by atoms with van der Waals surface area (Å²) >= 11 is 3.21. The molecule has 0 heterocycles. The Labute approximate surface area is 84.3 Å². The van der Waals surface area contributed by atoms with E-state index in [0.717, 1.165) is 4.47 Å². The first-order chi connectivity index (χ1) is 6.06. The molecule has 2 nitrogen and oxygen atoms in total. The molecule has 0 aliphatic carbocycles. The van der Waals surface area contributed by atoms with Crippen LogP contribution in [-0.4, -0.2) is 0 Å². The summed E-state index contributed by atoms with van der Waals surface area (Å²) in [4.78, 5) is 0. The van der Waals surface area contributed by atoms with Crippen LogP contribution in [0.2, 0.25) is 0 Å². The molecule has 0 saturated carbocycles. The third-order valence-electron chi connectivity index (χ3n) is 1.72. The van der Waals surface area contributed by atoms with E-state index in [1.54, 1.807) is 19.1 Å². The second-order valence-electron chi connectivity index (χ2n) is 2.73. The van der Waals surface area contributed by atoms with Crippen LogP contribution >= 0.6 is 15.9 Å². The van der Waals surface area contributed by atoms with Crippen LogP contribution < -0.4 is 5.73 Å². The number of hydrogen-bond donors (Lipinski definition) is 1. The molecule has 0 spiro atoms. The maximum atomic E-state index is 13.4. The summed E-state index contributed by atoms with van der Waals surface area (Å²) < 4.78 is 14.1. The summed E-state index contributed by atoms with van der Waals surface area (Å²) in [5, 5.41) is 8.54. The fourth-order valence-electron chi connectivity index (χ4n) is 1.05. The van der Waals surface area contributed by atoms with Crippen molar-refractivity contribution in [1.82, 2.24) is 0 Å². The van der Waals surface area contributed by atoms with Gasteiger partial charge in [-0.3, -0.25) is 0 Å². The van der Waals surface area contributed by atoms with Crippen molar-refractivity contribution in [1.29, 1.82) is 5.26 Å². The molecule has 13 heavy (non-hydrogen) atoms. The van der Waals surface area contributed by atoms with Gasteiger partial charge in [-0.15, -0.1) is 0 Å². The Hall–Kier alpha value is -0.920. The zero-order chi connectivity index (χ0) is 10.0. The van der Waals surface area contributed by atoms with E-state index < -0.39 is 11.9 Å². The van der Waals surface area contributed by atoms with Gasteiger partial charge in [0, 0.05) is 10.0 Å². The molecule has 0 aliphatic rings. The molecule has 0 aliphatic heterocycles. The van der Waals surface area contributed by atoms with Crippen LogP contribution in [0.3, 0.4) is 0 Å². The van der Waals surface area contributed by atoms with E-state index in [-0.39, 0.29) is 5.56 Å². The number of nitrogens with zero attached hydrogens (tertiary/aromatic N) is 1. The molecular formula is C9H8BrFN2. The molecule has 0 amide bonds. The lowest BCUT2D eigenvalue weighted by Gasteiger charge is -2.07. The van der Waals surface area contributed by atoms with Gasteiger partial charge in [0.2, 0.25) is 0 Å². The van der Waals surface area contributed by atoms with Gasteiger partial charge in [0.15, 0.2) is 0 Å². The van der Waals surface area contributed by atoms with Crippen LogP contribution in [0.25, 0.3) is 0 Å². The van der Waals surface area contributed by atoms with Crippen LogP contribution in [0.15, 0.2) is 16.6 Å². The molecule has 0 fully saturated rings. The van der Waals surface area contributed by atoms with Crippen LogP contribution in [0.1, 0.15) is 17.2 Å². The van der Waals surface area contributed by atoms with E-state index in [9.17, 15) is 4.39 Å². The Kier molecular flexibility index (Phi) is 3.02.